The average Bonchev–Trinajstić information content (AvgIpc) is 2.06. The number of ether oxygens (including phenoxy) is 1. The smallest absolute Gasteiger partial charge is 0.0468 e. The lowest BCUT2D eigenvalue weighted by Crippen LogP contribution is -2.17. The molecule has 0 spiro atoms. The fourth-order valence-corrected chi connectivity index (χ4v) is 1.44. The van der Waals surface area contributed by atoms with E-state index in [0.29, 0.717) is 6.54 Å². The molecule has 0 unspecified atom stereocenters. The molecule has 0 aromatic carbocycles. The van der Waals surface area contributed by atoms with Crippen molar-refractivity contribution in [2.24, 2.45) is 11.7 Å². The van der Waals surface area contributed by atoms with Gasteiger partial charge in [-0.2, -0.15) is 0 Å². The molecule has 0 aliphatic carbocycles. The van der Waals surface area contributed by atoms with E-state index in [4.69, 9.17) is 10.5 Å². The van der Waals surface area contributed by atoms with Crippen molar-refractivity contribution in [3.63, 3.8) is 0 Å². The minimum atomic E-state index is 0.636. The summed E-state index contributed by atoms with van der Waals surface area (Å²) in [5.41, 5.74) is 6.64. The van der Waals surface area contributed by atoms with Gasteiger partial charge in [-0.15, -0.1) is 0 Å². The minimum Gasteiger partial charge on any atom is -0.381 e. The maximum Gasteiger partial charge on any atom is 0.0468 e. The van der Waals surface area contributed by atoms with Crippen LogP contribution in [0.1, 0.15) is 19.3 Å². The van der Waals surface area contributed by atoms with E-state index in [0.717, 1.165) is 25.6 Å². The van der Waals surface area contributed by atoms with Crippen LogP contribution in [0.25, 0.3) is 0 Å². The summed E-state index contributed by atoms with van der Waals surface area (Å²) in [6, 6.07) is 0. The Balaban J connectivity index is 2.19. The van der Waals surface area contributed by atoms with Crippen LogP contribution < -0.4 is 5.73 Å². The molecular weight excluding hydrogens is 138 g/mol. The van der Waals surface area contributed by atoms with Gasteiger partial charge in [0.1, 0.15) is 0 Å². The van der Waals surface area contributed by atoms with E-state index in [1.807, 2.05) is 0 Å². The molecule has 0 atom stereocenters. The summed E-state index contributed by atoms with van der Waals surface area (Å²) in [6.07, 6.45) is 3.46. The van der Waals surface area contributed by atoms with Crippen molar-refractivity contribution in [1.82, 2.24) is 0 Å². The van der Waals surface area contributed by atoms with Crippen LogP contribution in [0.2, 0.25) is 0 Å². The molecule has 0 saturated carbocycles. The first-order chi connectivity index (χ1) is 5.33. The molecule has 1 aliphatic heterocycles. The van der Waals surface area contributed by atoms with Crippen LogP contribution in [0.5, 0.6) is 0 Å². The van der Waals surface area contributed by atoms with E-state index in [1.54, 1.807) is 0 Å². The third-order valence-corrected chi connectivity index (χ3v) is 2.21. The quantitative estimate of drug-likeness (QED) is 0.624. The van der Waals surface area contributed by atoms with Crippen molar-refractivity contribution in [3.8, 4) is 0 Å². The van der Waals surface area contributed by atoms with Gasteiger partial charge in [-0.1, -0.05) is 12.2 Å². The largest absolute Gasteiger partial charge is 0.381 e. The highest BCUT2D eigenvalue weighted by atomic mass is 16.5. The van der Waals surface area contributed by atoms with Crippen LogP contribution in [0.3, 0.4) is 0 Å². The van der Waals surface area contributed by atoms with Crippen molar-refractivity contribution in [2.75, 3.05) is 19.8 Å². The maximum atomic E-state index is 5.46. The number of hydrogen-bond donors (Lipinski definition) is 1. The Morgan fingerprint density at radius 2 is 2.09 bits per heavy atom. The summed E-state index contributed by atoms with van der Waals surface area (Å²) in [5, 5.41) is 0. The highest BCUT2D eigenvalue weighted by Crippen LogP contribution is 2.21. The highest BCUT2D eigenvalue weighted by molar-refractivity contribution is 4.97. The van der Waals surface area contributed by atoms with Crippen LogP contribution in [0.4, 0.5) is 0 Å². The van der Waals surface area contributed by atoms with Crippen molar-refractivity contribution < 1.29 is 4.74 Å². The van der Waals surface area contributed by atoms with Crippen molar-refractivity contribution >= 4 is 0 Å². The predicted octanol–water partition coefficient (Wildman–Crippen LogP) is 1.32. The molecule has 1 heterocycles. The maximum absolute atomic E-state index is 5.46. The minimum absolute atomic E-state index is 0.636. The van der Waals surface area contributed by atoms with Gasteiger partial charge in [-0.25, -0.2) is 0 Å². The fourth-order valence-electron chi connectivity index (χ4n) is 1.44. The topological polar surface area (TPSA) is 35.2 Å². The summed E-state index contributed by atoms with van der Waals surface area (Å²) >= 11 is 0. The zero-order valence-electron chi connectivity index (χ0n) is 7.01. The molecule has 2 nitrogen and oxygen atoms in total. The molecule has 1 rings (SSSR count). The van der Waals surface area contributed by atoms with Gasteiger partial charge in [-0.05, 0) is 25.2 Å². The van der Waals surface area contributed by atoms with Gasteiger partial charge in [0.15, 0.2) is 0 Å². The second kappa shape index (κ2) is 4.52. The van der Waals surface area contributed by atoms with Gasteiger partial charge in [0.25, 0.3) is 0 Å². The predicted molar refractivity (Wildman–Crippen MR) is 46.4 cm³/mol. The van der Waals surface area contributed by atoms with Crippen molar-refractivity contribution in [3.05, 3.63) is 12.2 Å². The van der Waals surface area contributed by atoms with E-state index in [1.165, 1.54) is 18.4 Å². The highest BCUT2D eigenvalue weighted by Gasteiger charge is 2.13. The van der Waals surface area contributed by atoms with Gasteiger partial charge < -0.3 is 10.5 Å². The molecule has 0 bridgehead atoms. The Morgan fingerprint density at radius 3 is 2.64 bits per heavy atom. The molecular formula is C9H17NO. The summed E-state index contributed by atoms with van der Waals surface area (Å²) < 4.78 is 5.25. The molecule has 11 heavy (non-hydrogen) atoms. The molecule has 2 heteroatoms. The number of hydrogen-bond acceptors (Lipinski definition) is 2. The fraction of sp³-hybridized carbons (Fsp3) is 0.778. The van der Waals surface area contributed by atoms with E-state index >= 15 is 0 Å². The molecule has 64 valence electrons. The Labute approximate surface area is 68.4 Å². The van der Waals surface area contributed by atoms with Gasteiger partial charge in [0.2, 0.25) is 0 Å². The lowest BCUT2D eigenvalue weighted by Gasteiger charge is -2.22. The van der Waals surface area contributed by atoms with E-state index in [2.05, 4.69) is 6.58 Å². The molecule has 1 fully saturated rings. The first-order valence-electron chi connectivity index (χ1n) is 4.27. The molecule has 0 amide bonds. The summed E-state index contributed by atoms with van der Waals surface area (Å²) in [7, 11) is 0. The molecule has 0 radical (unpaired) electrons. The Bertz CT molecular complexity index is 128. The second-order valence-electron chi connectivity index (χ2n) is 3.21. The standard InChI is InChI=1S/C9H17NO/c1-8(7-10)6-9-2-4-11-5-3-9/h9H,1-7,10H2. The SMILES string of the molecule is C=C(CN)CC1CCOCC1. The van der Waals surface area contributed by atoms with E-state index in [-0.39, 0.29) is 0 Å². The summed E-state index contributed by atoms with van der Waals surface area (Å²) in [6.45, 7) is 6.38. The normalized spacial score (nSPS) is 20.1. The second-order valence-corrected chi connectivity index (χ2v) is 3.21. The molecule has 1 aliphatic rings. The third kappa shape index (κ3) is 3.04. The molecule has 2 N–H and O–H groups in total. The molecule has 1 saturated heterocycles. The molecule has 0 aromatic heterocycles. The monoisotopic (exact) mass is 155 g/mol. The Hall–Kier alpha value is -0.340. The number of nitrogens with two attached hydrogens (primary N) is 1. The number of rotatable bonds is 3. The third-order valence-electron chi connectivity index (χ3n) is 2.21. The van der Waals surface area contributed by atoms with Crippen molar-refractivity contribution in [1.29, 1.82) is 0 Å². The van der Waals surface area contributed by atoms with Gasteiger partial charge in [0.05, 0.1) is 0 Å². The van der Waals surface area contributed by atoms with Gasteiger partial charge >= 0.3 is 0 Å². The zero-order chi connectivity index (χ0) is 8.10. The first-order valence-corrected chi connectivity index (χ1v) is 4.27. The lowest BCUT2D eigenvalue weighted by atomic mass is 9.93. The summed E-state index contributed by atoms with van der Waals surface area (Å²) in [4.78, 5) is 0. The van der Waals surface area contributed by atoms with Gasteiger partial charge in [-0.3, -0.25) is 0 Å². The lowest BCUT2D eigenvalue weighted by molar-refractivity contribution is 0.0665. The van der Waals surface area contributed by atoms with Crippen molar-refractivity contribution in [2.45, 2.75) is 19.3 Å². The zero-order valence-corrected chi connectivity index (χ0v) is 7.01. The van der Waals surface area contributed by atoms with Crippen LogP contribution in [-0.2, 0) is 4.74 Å². The first kappa shape index (κ1) is 8.75. The van der Waals surface area contributed by atoms with Crippen LogP contribution in [-0.4, -0.2) is 19.8 Å². The van der Waals surface area contributed by atoms with Crippen LogP contribution in [0, 0.1) is 5.92 Å². The molecule has 0 aromatic rings. The average molecular weight is 155 g/mol. The van der Waals surface area contributed by atoms with E-state index in [9.17, 15) is 0 Å². The van der Waals surface area contributed by atoms with Gasteiger partial charge in [0, 0.05) is 19.8 Å². The Morgan fingerprint density at radius 1 is 1.45 bits per heavy atom. The summed E-state index contributed by atoms with van der Waals surface area (Å²) in [5.74, 6) is 0.778. The van der Waals surface area contributed by atoms with Crippen LogP contribution in [0.15, 0.2) is 12.2 Å². The van der Waals surface area contributed by atoms with E-state index < -0.39 is 0 Å². The van der Waals surface area contributed by atoms with Crippen LogP contribution >= 0.6 is 0 Å². The Kier molecular flexibility index (Phi) is 3.60.